The summed E-state index contributed by atoms with van der Waals surface area (Å²) >= 11 is 0. The van der Waals surface area contributed by atoms with Crippen LogP contribution in [0.5, 0.6) is 0 Å². The van der Waals surface area contributed by atoms with Crippen molar-refractivity contribution in [1.29, 1.82) is 0 Å². The Bertz CT molecular complexity index is 498. The van der Waals surface area contributed by atoms with E-state index in [9.17, 15) is 0 Å². The minimum Gasteiger partial charge on any atom is -0.330 e. The summed E-state index contributed by atoms with van der Waals surface area (Å²) in [4.78, 5) is 2.66. The van der Waals surface area contributed by atoms with Crippen molar-refractivity contribution in [3.05, 3.63) is 34.9 Å². The predicted octanol–water partition coefficient (Wildman–Crippen LogP) is 3.33. The molecule has 2 heteroatoms. The molecule has 2 N–H and O–H groups in total. The maximum absolute atomic E-state index is 6.19. The summed E-state index contributed by atoms with van der Waals surface area (Å²) < 4.78 is 0. The molecule has 3 aliphatic rings. The summed E-state index contributed by atoms with van der Waals surface area (Å²) in [5.74, 6) is 0. The predicted molar refractivity (Wildman–Crippen MR) is 82.5 cm³/mol. The zero-order chi connectivity index (χ0) is 13.6. The van der Waals surface area contributed by atoms with Gasteiger partial charge in [-0.3, -0.25) is 4.90 Å². The Balaban J connectivity index is 1.62. The highest BCUT2D eigenvalue weighted by molar-refractivity contribution is 5.39. The minimum atomic E-state index is 0.278. The van der Waals surface area contributed by atoms with Crippen LogP contribution in [0, 0.1) is 0 Å². The van der Waals surface area contributed by atoms with Crippen LogP contribution in [0.3, 0.4) is 0 Å². The van der Waals surface area contributed by atoms with Crippen LogP contribution in [0.1, 0.15) is 61.6 Å². The Morgan fingerprint density at radius 2 is 1.80 bits per heavy atom. The average Bonchev–Trinajstić information content (AvgIpc) is 3.27. The maximum Gasteiger partial charge on any atom is 0.0243 e. The lowest BCUT2D eigenvalue weighted by molar-refractivity contribution is 0.273. The molecule has 2 aliphatic carbocycles. The van der Waals surface area contributed by atoms with Gasteiger partial charge in [-0.2, -0.15) is 0 Å². The molecule has 2 nitrogen and oxygen atoms in total. The van der Waals surface area contributed by atoms with E-state index in [1.165, 1.54) is 63.6 Å². The summed E-state index contributed by atoms with van der Waals surface area (Å²) in [5.41, 5.74) is 11.1. The van der Waals surface area contributed by atoms with Gasteiger partial charge in [-0.1, -0.05) is 37.5 Å². The van der Waals surface area contributed by atoms with E-state index in [2.05, 4.69) is 23.1 Å². The highest BCUT2D eigenvalue weighted by atomic mass is 15.2. The Morgan fingerprint density at radius 3 is 2.50 bits per heavy atom. The summed E-state index contributed by atoms with van der Waals surface area (Å²) in [6, 6.07) is 8.14. The van der Waals surface area contributed by atoms with E-state index in [-0.39, 0.29) is 5.41 Å². The number of nitrogens with zero attached hydrogens (tertiary/aromatic N) is 1. The smallest absolute Gasteiger partial charge is 0.0243 e. The van der Waals surface area contributed by atoms with Gasteiger partial charge in [0.15, 0.2) is 0 Å². The van der Waals surface area contributed by atoms with Crippen molar-refractivity contribution in [2.45, 2.75) is 69.5 Å². The Labute approximate surface area is 122 Å². The maximum atomic E-state index is 6.19. The van der Waals surface area contributed by atoms with E-state index >= 15 is 0 Å². The lowest BCUT2D eigenvalue weighted by Crippen LogP contribution is -2.37. The molecule has 0 amide bonds. The van der Waals surface area contributed by atoms with E-state index in [0.717, 1.165) is 12.6 Å². The molecule has 0 spiro atoms. The van der Waals surface area contributed by atoms with E-state index in [1.807, 2.05) is 0 Å². The Hall–Kier alpha value is -0.860. The summed E-state index contributed by atoms with van der Waals surface area (Å²) in [6.45, 7) is 3.17. The lowest BCUT2D eigenvalue weighted by atomic mass is 9.69. The van der Waals surface area contributed by atoms with Gasteiger partial charge in [0.2, 0.25) is 0 Å². The molecule has 1 heterocycles. The van der Waals surface area contributed by atoms with Gasteiger partial charge in [-0.05, 0) is 42.4 Å². The summed E-state index contributed by atoms with van der Waals surface area (Å²) in [6.07, 6.45) is 9.48. The third-order valence-electron chi connectivity index (χ3n) is 5.83. The van der Waals surface area contributed by atoms with Gasteiger partial charge in [0.1, 0.15) is 0 Å². The monoisotopic (exact) mass is 270 g/mol. The van der Waals surface area contributed by atoms with Gasteiger partial charge < -0.3 is 5.73 Å². The van der Waals surface area contributed by atoms with Crippen molar-refractivity contribution in [2.24, 2.45) is 5.73 Å². The Morgan fingerprint density at radius 1 is 1.05 bits per heavy atom. The molecule has 2 fully saturated rings. The third-order valence-corrected chi connectivity index (χ3v) is 5.83. The molecule has 1 aromatic carbocycles. The van der Waals surface area contributed by atoms with Crippen molar-refractivity contribution in [2.75, 3.05) is 6.54 Å². The van der Waals surface area contributed by atoms with Gasteiger partial charge in [0, 0.05) is 31.1 Å². The van der Waals surface area contributed by atoms with Crippen LogP contribution >= 0.6 is 0 Å². The van der Waals surface area contributed by atoms with Crippen LogP contribution < -0.4 is 5.73 Å². The molecule has 1 aromatic rings. The number of fused-ring (bicyclic) bond motifs is 1. The molecule has 2 saturated carbocycles. The van der Waals surface area contributed by atoms with Gasteiger partial charge in [-0.15, -0.1) is 0 Å². The highest BCUT2D eigenvalue weighted by Crippen LogP contribution is 2.41. The standard InChI is InChI=1S/C18H26N2/c19-13-18(8-2-1-3-9-18)16-5-4-14-11-20(17-6-7-17)12-15(14)10-16/h4-5,10,17H,1-3,6-9,11-13,19H2. The van der Waals surface area contributed by atoms with E-state index in [1.54, 1.807) is 11.1 Å². The molecule has 0 saturated heterocycles. The fraction of sp³-hybridized carbons (Fsp3) is 0.667. The molecule has 108 valence electrons. The zero-order valence-electron chi connectivity index (χ0n) is 12.4. The molecular weight excluding hydrogens is 244 g/mol. The van der Waals surface area contributed by atoms with Gasteiger partial charge in [0.25, 0.3) is 0 Å². The quantitative estimate of drug-likeness (QED) is 0.913. The second-order valence-electron chi connectivity index (χ2n) is 7.16. The average molecular weight is 270 g/mol. The van der Waals surface area contributed by atoms with Gasteiger partial charge >= 0.3 is 0 Å². The SMILES string of the molecule is NCC1(c2ccc3c(c2)CN(C2CC2)C3)CCCCC1. The highest BCUT2D eigenvalue weighted by Gasteiger charge is 2.36. The van der Waals surface area contributed by atoms with E-state index < -0.39 is 0 Å². The zero-order valence-corrected chi connectivity index (χ0v) is 12.4. The first-order chi connectivity index (χ1) is 9.81. The first-order valence-corrected chi connectivity index (χ1v) is 8.37. The lowest BCUT2D eigenvalue weighted by Gasteiger charge is -2.37. The van der Waals surface area contributed by atoms with Crippen LogP contribution in [0.15, 0.2) is 18.2 Å². The normalized spacial score (nSPS) is 25.6. The van der Waals surface area contributed by atoms with Gasteiger partial charge in [0.05, 0.1) is 0 Å². The Kier molecular flexibility index (Phi) is 3.12. The van der Waals surface area contributed by atoms with Crippen LogP contribution in [0.4, 0.5) is 0 Å². The van der Waals surface area contributed by atoms with E-state index in [0.29, 0.717) is 0 Å². The number of rotatable bonds is 3. The molecule has 0 bridgehead atoms. The van der Waals surface area contributed by atoms with Crippen molar-refractivity contribution in [1.82, 2.24) is 4.90 Å². The second kappa shape index (κ2) is 4.85. The van der Waals surface area contributed by atoms with Crippen molar-refractivity contribution < 1.29 is 0 Å². The van der Waals surface area contributed by atoms with Crippen LogP contribution in [-0.2, 0) is 18.5 Å². The fourth-order valence-electron chi connectivity index (χ4n) is 4.29. The summed E-state index contributed by atoms with van der Waals surface area (Å²) in [5, 5.41) is 0. The van der Waals surface area contributed by atoms with Crippen molar-refractivity contribution in [3.8, 4) is 0 Å². The van der Waals surface area contributed by atoms with Gasteiger partial charge in [-0.25, -0.2) is 0 Å². The largest absolute Gasteiger partial charge is 0.330 e. The molecule has 0 radical (unpaired) electrons. The number of nitrogens with two attached hydrogens (primary N) is 1. The molecule has 1 aliphatic heterocycles. The number of benzene rings is 1. The second-order valence-corrected chi connectivity index (χ2v) is 7.16. The molecule has 0 aromatic heterocycles. The van der Waals surface area contributed by atoms with Crippen LogP contribution in [0.25, 0.3) is 0 Å². The first-order valence-electron chi connectivity index (χ1n) is 8.37. The molecule has 20 heavy (non-hydrogen) atoms. The minimum absolute atomic E-state index is 0.278. The molecule has 0 atom stereocenters. The molecule has 4 rings (SSSR count). The number of hydrogen-bond donors (Lipinski definition) is 1. The number of hydrogen-bond acceptors (Lipinski definition) is 2. The third kappa shape index (κ3) is 2.10. The topological polar surface area (TPSA) is 29.3 Å². The molecule has 0 unspecified atom stereocenters. The molecular formula is C18H26N2. The van der Waals surface area contributed by atoms with E-state index in [4.69, 9.17) is 5.73 Å². The van der Waals surface area contributed by atoms with Crippen molar-refractivity contribution in [3.63, 3.8) is 0 Å². The fourth-order valence-corrected chi connectivity index (χ4v) is 4.29. The van der Waals surface area contributed by atoms with Crippen LogP contribution in [0.2, 0.25) is 0 Å². The van der Waals surface area contributed by atoms with Crippen LogP contribution in [-0.4, -0.2) is 17.5 Å². The first kappa shape index (κ1) is 12.8. The summed E-state index contributed by atoms with van der Waals surface area (Å²) in [7, 11) is 0. The van der Waals surface area contributed by atoms with Crippen molar-refractivity contribution >= 4 is 0 Å².